The Morgan fingerprint density at radius 3 is 1.75 bits per heavy atom. The summed E-state index contributed by atoms with van der Waals surface area (Å²) >= 11 is 0. The number of hydrogen-bond acceptors (Lipinski definition) is 0. The molecule has 0 aromatic carbocycles. The molecule has 0 heterocycles. The van der Waals surface area contributed by atoms with Gasteiger partial charge in [0.25, 0.3) is 0 Å². The van der Waals surface area contributed by atoms with Crippen LogP contribution in [0.25, 0.3) is 0 Å². The van der Waals surface area contributed by atoms with Crippen molar-refractivity contribution in [1.82, 2.24) is 0 Å². The molecule has 1 fully saturated rings. The fraction of sp³-hybridized carbons (Fsp3) is 1.00. The van der Waals surface area contributed by atoms with E-state index in [1.807, 2.05) is 0 Å². The summed E-state index contributed by atoms with van der Waals surface area (Å²) in [5.41, 5.74) is 0. The topological polar surface area (TPSA) is 31.5 Å². The Kier molecular flexibility index (Phi) is 2.93. The maximum atomic E-state index is 2.93. The van der Waals surface area contributed by atoms with Gasteiger partial charge in [0.15, 0.2) is 0 Å². The van der Waals surface area contributed by atoms with E-state index in [0.717, 1.165) is 0 Å². The van der Waals surface area contributed by atoms with Crippen molar-refractivity contribution in [2.75, 3.05) is 0 Å². The predicted octanol–water partition coefficient (Wildman–Crippen LogP) is 1.37. The van der Waals surface area contributed by atoms with Crippen LogP contribution in [0.4, 0.5) is 0 Å². The monoisotopic (exact) mass is 134 g/mol. The standard InChI is InChI=1S/C6H13P.H2O/c1-6(7)4-2-3-5-6;/h2-5,7H2,1H3;1H2. The van der Waals surface area contributed by atoms with Gasteiger partial charge in [0.05, 0.1) is 0 Å². The lowest BCUT2D eigenvalue weighted by atomic mass is 10.1. The van der Waals surface area contributed by atoms with Gasteiger partial charge in [-0.3, -0.25) is 0 Å². The van der Waals surface area contributed by atoms with Crippen molar-refractivity contribution < 1.29 is 5.48 Å². The van der Waals surface area contributed by atoms with Gasteiger partial charge in [-0.15, -0.1) is 9.24 Å². The summed E-state index contributed by atoms with van der Waals surface area (Å²) < 4.78 is 0. The average molecular weight is 134 g/mol. The summed E-state index contributed by atoms with van der Waals surface area (Å²) in [5, 5.41) is 0.611. The normalized spacial score (nSPS) is 24.8. The summed E-state index contributed by atoms with van der Waals surface area (Å²) in [6, 6.07) is 0. The molecular weight excluding hydrogens is 119 g/mol. The van der Waals surface area contributed by atoms with Crippen molar-refractivity contribution in [3.8, 4) is 0 Å². The maximum Gasteiger partial charge on any atom is -0.0178 e. The fourth-order valence-electron chi connectivity index (χ4n) is 1.18. The highest BCUT2D eigenvalue weighted by Crippen LogP contribution is 2.36. The quantitative estimate of drug-likeness (QED) is 0.448. The predicted molar refractivity (Wildman–Crippen MR) is 40.2 cm³/mol. The maximum absolute atomic E-state index is 2.93. The lowest BCUT2D eigenvalue weighted by molar-refractivity contribution is 0.673. The van der Waals surface area contributed by atoms with E-state index < -0.39 is 0 Å². The zero-order valence-corrected chi connectivity index (χ0v) is 6.56. The van der Waals surface area contributed by atoms with Gasteiger partial charge >= 0.3 is 0 Å². The van der Waals surface area contributed by atoms with Gasteiger partial charge in [-0.25, -0.2) is 0 Å². The Hall–Kier alpha value is 0.390. The molecule has 1 unspecified atom stereocenters. The van der Waals surface area contributed by atoms with Gasteiger partial charge in [0, 0.05) is 0 Å². The van der Waals surface area contributed by atoms with Crippen LogP contribution in [-0.4, -0.2) is 10.6 Å². The molecule has 0 radical (unpaired) electrons. The molecule has 2 N–H and O–H groups in total. The zero-order chi connectivity index (χ0) is 5.33. The van der Waals surface area contributed by atoms with E-state index in [-0.39, 0.29) is 5.48 Å². The summed E-state index contributed by atoms with van der Waals surface area (Å²) in [4.78, 5) is 0. The first-order valence-electron chi connectivity index (χ1n) is 3.00. The van der Waals surface area contributed by atoms with E-state index in [1.54, 1.807) is 0 Å². The van der Waals surface area contributed by atoms with Gasteiger partial charge in [0.1, 0.15) is 0 Å². The molecule has 1 atom stereocenters. The van der Waals surface area contributed by atoms with Gasteiger partial charge in [-0.05, 0) is 18.0 Å². The van der Waals surface area contributed by atoms with Crippen LogP contribution in [0.15, 0.2) is 0 Å². The summed E-state index contributed by atoms with van der Waals surface area (Å²) in [7, 11) is 2.93. The Bertz CT molecular complexity index is 62.9. The van der Waals surface area contributed by atoms with Crippen LogP contribution in [0.2, 0.25) is 0 Å². The largest absolute Gasteiger partial charge is 0.412 e. The minimum atomic E-state index is 0. The average Bonchev–Trinajstić information content (AvgIpc) is 1.84. The van der Waals surface area contributed by atoms with Crippen molar-refractivity contribution in [3.63, 3.8) is 0 Å². The second kappa shape index (κ2) is 2.80. The van der Waals surface area contributed by atoms with E-state index in [1.165, 1.54) is 25.7 Å². The van der Waals surface area contributed by atoms with Crippen molar-refractivity contribution in [2.45, 2.75) is 37.8 Å². The first-order valence-corrected chi connectivity index (χ1v) is 3.57. The molecule has 0 spiro atoms. The molecule has 50 valence electrons. The van der Waals surface area contributed by atoms with E-state index in [4.69, 9.17) is 0 Å². The van der Waals surface area contributed by atoms with Gasteiger partial charge in [0.2, 0.25) is 0 Å². The molecule has 1 aliphatic rings. The first kappa shape index (κ1) is 8.39. The van der Waals surface area contributed by atoms with E-state index >= 15 is 0 Å². The summed E-state index contributed by atoms with van der Waals surface area (Å²) in [5.74, 6) is 0. The molecule has 8 heavy (non-hydrogen) atoms. The van der Waals surface area contributed by atoms with Gasteiger partial charge < -0.3 is 5.48 Å². The van der Waals surface area contributed by atoms with Crippen molar-refractivity contribution in [3.05, 3.63) is 0 Å². The third kappa shape index (κ3) is 2.11. The van der Waals surface area contributed by atoms with Crippen LogP contribution < -0.4 is 0 Å². The first-order chi connectivity index (χ1) is 3.21. The highest BCUT2D eigenvalue weighted by molar-refractivity contribution is 7.18. The molecule has 0 amide bonds. The highest BCUT2D eigenvalue weighted by atomic mass is 31.0. The van der Waals surface area contributed by atoms with Crippen molar-refractivity contribution >= 4 is 9.24 Å². The Labute approximate surface area is 53.4 Å². The minimum absolute atomic E-state index is 0. The molecule has 2 heteroatoms. The molecule has 1 saturated carbocycles. The molecular formula is C6H15OP. The molecule has 0 aliphatic heterocycles. The highest BCUT2D eigenvalue weighted by Gasteiger charge is 2.22. The number of hydrogen-bond donors (Lipinski definition) is 0. The SMILES string of the molecule is CC1(P)CCCC1.O. The third-order valence-electron chi connectivity index (χ3n) is 1.75. The van der Waals surface area contributed by atoms with Crippen LogP contribution in [0.5, 0.6) is 0 Å². The molecule has 0 saturated heterocycles. The third-order valence-corrected chi connectivity index (χ3v) is 2.32. The van der Waals surface area contributed by atoms with Crippen molar-refractivity contribution in [2.24, 2.45) is 0 Å². The Morgan fingerprint density at radius 2 is 1.62 bits per heavy atom. The number of rotatable bonds is 0. The van der Waals surface area contributed by atoms with Crippen LogP contribution in [0.3, 0.4) is 0 Å². The second-order valence-electron chi connectivity index (χ2n) is 2.86. The fourth-order valence-corrected chi connectivity index (χ4v) is 1.59. The summed E-state index contributed by atoms with van der Waals surface area (Å²) in [6.45, 7) is 2.32. The summed E-state index contributed by atoms with van der Waals surface area (Å²) in [6.07, 6.45) is 5.72. The van der Waals surface area contributed by atoms with Crippen LogP contribution in [0, 0.1) is 0 Å². The van der Waals surface area contributed by atoms with Crippen molar-refractivity contribution in [1.29, 1.82) is 0 Å². The van der Waals surface area contributed by atoms with E-state index in [2.05, 4.69) is 16.2 Å². The van der Waals surface area contributed by atoms with Gasteiger partial charge in [-0.1, -0.05) is 19.8 Å². The van der Waals surface area contributed by atoms with Gasteiger partial charge in [-0.2, -0.15) is 0 Å². The second-order valence-corrected chi connectivity index (χ2v) is 4.25. The molecule has 0 aromatic rings. The smallest absolute Gasteiger partial charge is 0.0178 e. The van der Waals surface area contributed by atoms with E-state index in [9.17, 15) is 0 Å². The molecule has 1 nitrogen and oxygen atoms in total. The Balaban J connectivity index is 0.000000490. The molecule has 1 aliphatic carbocycles. The van der Waals surface area contributed by atoms with Crippen LogP contribution in [-0.2, 0) is 0 Å². The Morgan fingerprint density at radius 1 is 1.25 bits per heavy atom. The van der Waals surface area contributed by atoms with E-state index in [0.29, 0.717) is 5.16 Å². The molecule has 0 aromatic heterocycles. The lowest BCUT2D eigenvalue weighted by Gasteiger charge is -2.13. The molecule has 0 bridgehead atoms. The van der Waals surface area contributed by atoms with Crippen LogP contribution >= 0.6 is 9.24 Å². The molecule has 1 rings (SSSR count). The zero-order valence-electron chi connectivity index (χ0n) is 5.41. The van der Waals surface area contributed by atoms with Crippen LogP contribution in [0.1, 0.15) is 32.6 Å². The minimum Gasteiger partial charge on any atom is -0.412 e. The lowest BCUT2D eigenvalue weighted by Crippen LogP contribution is -2.06.